The molecule has 0 aliphatic heterocycles. The van der Waals surface area contributed by atoms with Crippen molar-refractivity contribution in [3.63, 3.8) is 0 Å². The summed E-state index contributed by atoms with van der Waals surface area (Å²) in [5.74, 6) is 1.79. The van der Waals surface area contributed by atoms with Crippen molar-refractivity contribution in [1.82, 2.24) is 15.0 Å². The standard InChI is InChI=1S/C10H12BrN3O/c1-14-8(10(11)12-13-14)9(15)7-5-3-2-4-6(5)7/h5-7H,2-4H2,1H3. The highest BCUT2D eigenvalue weighted by molar-refractivity contribution is 9.10. The van der Waals surface area contributed by atoms with Crippen LogP contribution in [0, 0.1) is 17.8 Å². The van der Waals surface area contributed by atoms with Gasteiger partial charge in [-0.2, -0.15) is 0 Å². The van der Waals surface area contributed by atoms with E-state index < -0.39 is 0 Å². The Balaban J connectivity index is 1.87. The lowest BCUT2D eigenvalue weighted by Gasteiger charge is -2.02. The second-order valence-corrected chi connectivity index (χ2v) is 5.25. The van der Waals surface area contributed by atoms with Crippen molar-refractivity contribution < 1.29 is 4.79 Å². The van der Waals surface area contributed by atoms with Gasteiger partial charge in [-0.25, -0.2) is 4.68 Å². The van der Waals surface area contributed by atoms with Crippen LogP contribution in [-0.2, 0) is 7.05 Å². The molecule has 2 unspecified atom stereocenters. The summed E-state index contributed by atoms with van der Waals surface area (Å²) in [5.41, 5.74) is 0.634. The topological polar surface area (TPSA) is 47.8 Å². The van der Waals surface area contributed by atoms with Gasteiger partial charge in [-0.05, 0) is 40.6 Å². The Morgan fingerprint density at radius 3 is 2.67 bits per heavy atom. The average molecular weight is 270 g/mol. The Bertz CT molecular complexity index is 399. The third-order valence-electron chi connectivity index (χ3n) is 3.73. The van der Waals surface area contributed by atoms with Gasteiger partial charge in [0.1, 0.15) is 5.69 Å². The van der Waals surface area contributed by atoms with Crippen LogP contribution in [0.15, 0.2) is 4.60 Å². The largest absolute Gasteiger partial charge is 0.292 e. The minimum Gasteiger partial charge on any atom is -0.292 e. The number of hydrogen-bond acceptors (Lipinski definition) is 3. The van der Waals surface area contributed by atoms with Gasteiger partial charge in [-0.3, -0.25) is 4.79 Å². The summed E-state index contributed by atoms with van der Waals surface area (Å²) in [6, 6.07) is 0. The van der Waals surface area contributed by atoms with E-state index in [4.69, 9.17) is 0 Å². The summed E-state index contributed by atoms with van der Waals surface area (Å²) in [6.45, 7) is 0. The molecule has 0 saturated heterocycles. The predicted octanol–water partition coefficient (Wildman–Crippen LogP) is 1.81. The van der Waals surface area contributed by atoms with Gasteiger partial charge in [0.2, 0.25) is 0 Å². The van der Waals surface area contributed by atoms with E-state index in [2.05, 4.69) is 26.2 Å². The lowest BCUT2D eigenvalue weighted by molar-refractivity contribution is 0.0941. The lowest BCUT2D eigenvalue weighted by atomic mass is 10.1. The van der Waals surface area contributed by atoms with E-state index in [1.807, 2.05) is 0 Å². The van der Waals surface area contributed by atoms with Crippen LogP contribution in [0.1, 0.15) is 29.8 Å². The molecule has 5 heteroatoms. The number of Topliss-reactive ketones (excluding diaryl/α,β-unsaturated/α-hetero) is 1. The zero-order chi connectivity index (χ0) is 10.6. The smallest absolute Gasteiger partial charge is 0.187 e. The number of halogens is 1. The number of ketones is 1. The van der Waals surface area contributed by atoms with Crippen LogP contribution in [0.25, 0.3) is 0 Å². The van der Waals surface area contributed by atoms with E-state index in [-0.39, 0.29) is 11.7 Å². The molecule has 1 heterocycles. The third-order valence-corrected chi connectivity index (χ3v) is 4.26. The maximum atomic E-state index is 12.2. The fourth-order valence-corrected chi connectivity index (χ4v) is 3.48. The molecular weight excluding hydrogens is 258 g/mol. The van der Waals surface area contributed by atoms with Crippen molar-refractivity contribution in [2.75, 3.05) is 0 Å². The maximum Gasteiger partial charge on any atom is 0.187 e. The van der Waals surface area contributed by atoms with Crippen molar-refractivity contribution in [1.29, 1.82) is 0 Å². The molecule has 0 spiro atoms. The Hall–Kier alpha value is -0.710. The van der Waals surface area contributed by atoms with Crippen LogP contribution in [0.2, 0.25) is 0 Å². The first-order valence-corrected chi connectivity index (χ1v) is 6.09. The van der Waals surface area contributed by atoms with Crippen LogP contribution in [0.3, 0.4) is 0 Å². The van der Waals surface area contributed by atoms with Gasteiger partial charge in [0, 0.05) is 13.0 Å². The first-order valence-electron chi connectivity index (χ1n) is 5.29. The summed E-state index contributed by atoms with van der Waals surface area (Å²) in [4.78, 5) is 12.2. The van der Waals surface area contributed by atoms with Crippen LogP contribution in [0.5, 0.6) is 0 Å². The van der Waals surface area contributed by atoms with Gasteiger partial charge < -0.3 is 0 Å². The van der Waals surface area contributed by atoms with Gasteiger partial charge in [0.15, 0.2) is 10.4 Å². The quantitative estimate of drug-likeness (QED) is 0.770. The van der Waals surface area contributed by atoms with Crippen LogP contribution in [0.4, 0.5) is 0 Å². The average Bonchev–Trinajstić information content (AvgIpc) is 2.58. The number of carbonyl (C=O) groups is 1. The van der Waals surface area contributed by atoms with Crippen molar-refractivity contribution in [3.8, 4) is 0 Å². The van der Waals surface area contributed by atoms with E-state index in [0.29, 0.717) is 22.1 Å². The van der Waals surface area contributed by atoms with Gasteiger partial charge in [0.05, 0.1) is 0 Å². The molecule has 4 nitrogen and oxygen atoms in total. The Labute approximate surface area is 96.2 Å². The summed E-state index contributed by atoms with van der Waals surface area (Å²) >= 11 is 3.28. The Morgan fingerprint density at radius 2 is 2.13 bits per heavy atom. The highest BCUT2D eigenvalue weighted by Crippen LogP contribution is 2.58. The molecule has 0 N–H and O–H groups in total. The lowest BCUT2D eigenvalue weighted by Crippen LogP contribution is -2.12. The monoisotopic (exact) mass is 269 g/mol. The molecule has 2 saturated carbocycles. The molecule has 0 amide bonds. The van der Waals surface area contributed by atoms with E-state index in [9.17, 15) is 4.79 Å². The fraction of sp³-hybridized carbons (Fsp3) is 0.700. The zero-order valence-corrected chi connectivity index (χ0v) is 10.1. The first-order chi connectivity index (χ1) is 7.20. The van der Waals surface area contributed by atoms with E-state index in [1.165, 1.54) is 19.3 Å². The minimum absolute atomic E-state index is 0.226. The number of nitrogens with zero attached hydrogens (tertiary/aromatic N) is 3. The molecule has 3 rings (SSSR count). The Morgan fingerprint density at radius 1 is 1.47 bits per heavy atom. The molecule has 1 aromatic heterocycles. The maximum absolute atomic E-state index is 12.2. The molecule has 2 atom stereocenters. The van der Waals surface area contributed by atoms with Gasteiger partial charge >= 0.3 is 0 Å². The van der Waals surface area contributed by atoms with Crippen LogP contribution in [-0.4, -0.2) is 20.8 Å². The highest BCUT2D eigenvalue weighted by atomic mass is 79.9. The normalized spacial score (nSPS) is 32.8. The molecular formula is C10H12BrN3O. The summed E-state index contributed by atoms with van der Waals surface area (Å²) in [6.07, 6.45) is 3.75. The third kappa shape index (κ3) is 1.29. The van der Waals surface area contributed by atoms with Crippen molar-refractivity contribution in [2.45, 2.75) is 19.3 Å². The molecule has 0 radical (unpaired) electrons. The van der Waals surface area contributed by atoms with E-state index >= 15 is 0 Å². The van der Waals surface area contributed by atoms with Gasteiger partial charge in [0.25, 0.3) is 0 Å². The van der Waals surface area contributed by atoms with Gasteiger partial charge in [-0.1, -0.05) is 11.6 Å². The van der Waals surface area contributed by atoms with Crippen molar-refractivity contribution in [3.05, 3.63) is 10.3 Å². The number of aryl methyl sites for hydroxylation is 1. The number of aromatic nitrogens is 3. The molecule has 80 valence electrons. The summed E-state index contributed by atoms with van der Waals surface area (Å²) in [5, 5.41) is 7.69. The minimum atomic E-state index is 0.226. The molecule has 2 aliphatic rings. The molecule has 15 heavy (non-hydrogen) atoms. The molecule has 2 aliphatic carbocycles. The second kappa shape index (κ2) is 3.14. The van der Waals surface area contributed by atoms with Gasteiger partial charge in [-0.15, -0.1) is 5.10 Å². The number of hydrogen-bond donors (Lipinski definition) is 0. The van der Waals surface area contributed by atoms with Crippen LogP contribution >= 0.6 is 15.9 Å². The molecule has 0 aromatic carbocycles. The summed E-state index contributed by atoms with van der Waals surface area (Å²) in [7, 11) is 1.77. The van der Waals surface area contributed by atoms with E-state index in [1.54, 1.807) is 11.7 Å². The predicted molar refractivity (Wildman–Crippen MR) is 57.4 cm³/mol. The number of fused-ring (bicyclic) bond motifs is 1. The van der Waals surface area contributed by atoms with Crippen molar-refractivity contribution in [2.24, 2.45) is 24.8 Å². The molecule has 1 aromatic rings. The first kappa shape index (κ1) is 9.51. The van der Waals surface area contributed by atoms with E-state index in [0.717, 1.165) is 0 Å². The SMILES string of the molecule is Cn1nnc(Br)c1C(=O)C1C2CCCC21. The summed E-state index contributed by atoms with van der Waals surface area (Å²) < 4.78 is 2.15. The second-order valence-electron chi connectivity index (χ2n) is 4.50. The highest BCUT2D eigenvalue weighted by Gasteiger charge is 2.57. The Kier molecular flexibility index (Phi) is 1.99. The number of carbonyl (C=O) groups excluding carboxylic acids is 1. The molecule has 0 bridgehead atoms. The zero-order valence-electron chi connectivity index (χ0n) is 8.48. The van der Waals surface area contributed by atoms with Crippen LogP contribution < -0.4 is 0 Å². The molecule has 2 fully saturated rings. The number of rotatable bonds is 2. The fourth-order valence-electron chi connectivity index (χ4n) is 2.96. The van der Waals surface area contributed by atoms with Crippen molar-refractivity contribution >= 4 is 21.7 Å².